The maximum absolute atomic E-state index is 13.2. The molecule has 1 aromatic heterocycles. The highest BCUT2D eigenvalue weighted by atomic mass is 79.9. The van der Waals surface area contributed by atoms with Gasteiger partial charge in [0.2, 0.25) is 5.43 Å². The number of hydrogen-bond acceptors (Lipinski definition) is 2. The van der Waals surface area contributed by atoms with Crippen LogP contribution in [0.5, 0.6) is 0 Å². The van der Waals surface area contributed by atoms with Crippen molar-refractivity contribution in [3.8, 4) is 0 Å². The first kappa shape index (κ1) is 22.4. The molecule has 2 rings (SSSR count). The highest BCUT2D eigenvalue weighted by Crippen LogP contribution is 2.24. The van der Waals surface area contributed by atoms with E-state index in [0.717, 1.165) is 66.9 Å². The zero-order valence-corrected chi connectivity index (χ0v) is 19.2. The monoisotopic (exact) mass is 446 g/mol. The van der Waals surface area contributed by atoms with Crippen LogP contribution in [-0.4, -0.2) is 10.5 Å². The molecule has 0 bridgehead atoms. The first-order valence-electron chi connectivity index (χ1n) is 10.2. The molecule has 0 fully saturated rings. The van der Waals surface area contributed by atoms with Crippen molar-refractivity contribution in [2.45, 2.75) is 73.3 Å². The van der Waals surface area contributed by atoms with Crippen LogP contribution < -0.4 is 10.7 Å². The van der Waals surface area contributed by atoms with Crippen LogP contribution in [-0.2, 0) is 19.4 Å². The summed E-state index contributed by atoms with van der Waals surface area (Å²) in [5.41, 5.74) is 4.59. The van der Waals surface area contributed by atoms with Gasteiger partial charge in [-0.3, -0.25) is 9.59 Å². The first-order valence-corrected chi connectivity index (χ1v) is 11.0. The molecule has 0 aliphatic rings. The molecule has 1 heterocycles. The fourth-order valence-corrected chi connectivity index (χ4v) is 4.06. The van der Waals surface area contributed by atoms with E-state index in [4.69, 9.17) is 0 Å². The molecule has 28 heavy (non-hydrogen) atoms. The number of carbonyl (C=O) groups is 1. The summed E-state index contributed by atoms with van der Waals surface area (Å²) in [4.78, 5) is 26.1. The van der Waals surface area contributed by atoms with E-state index in [1.54, 1.807) is 0 Å². The van der Waals surface area contributed by atoms with E-state index < -0.39 is 0 Å². The molecule has 4 nitrogen and oxygen atoms in total. The van der Waals surface area contributed by atoms with Crippen LogP contribution in [0.25, 0.3) is 0 Å². The largest absolute Gasteiger partial charge is 0.347 e. The number of amides is 1. The second kappa shape index (κ2) is 10.1. The van der Waals surface area contributed by atoms with Crippen molar-refractivity contribution in [2.75, 3.05) is 5.32 Å². The lowest BCUT2D eigenvalue weighted by Gasteiger charge is -2.20. The van der Waals surface area contributed by atoms with E-state index in [9.17, 15) is 9.59 Å². The third-order valence-corrected chi connectivity index (χ3v) is 6.30. The number of aryl methyl sites for hydroxylation is 2. The molecule has 0 aliphatic heterocycles. The highest BCUT2D eigenvalue weighted by Gasteiger charge is 2.22. The van der Waals surface area contributed by atoms with Gasteiger partial charge in [-0.25, -0.2) is 0 Å². The average molecular weight is 447 g/mol. The van der Waals surface area contributed by atoms with Crippen molar-refractivity contribution in [3.63, 3.8) is 0 Å². The molecule has 0 spiro atoms. The van der Waals surface area contributed by atoms with Crippen molar-refractivity contribution in [1.82, 2.24) is 4.57 Å². The molecule has 0 saturated carbocycles. The number of nitrogens with one attached hydrogen (secondary N) is 1. The van der Waals surface area contributed by atoms with Crippen molar-refractivity contribution >= 4 is 27.5 Å². The summed E-state index contributed by atoms with van der Waals surface area (Å²) in [6, 6.07) is 6.06. The van der Waals surface area contributed by atoms with Crippen LogP contribution >= 0.6 is 15.9 Å². The van der Waals surface area contributed by atoms with Crippen LogP contribution in [0.15, 0.2) is 27.5 Å². The van der Waals surface area contributed by atoms with E-state index in [-0.39, 0.29) is 16.9 Å². The summed E-state index contributed by atoms with van der Waals surface area (Å²) < 4.78 is 2.56. The Hall–Kier alpha value is -1.88. The van der Waals surface area contributed by atoms with E-state index in [1.165, 1.54) is 0 Å². The number of carbonyl (C=O) groups excluding carboxylic acids is 1. The Kier molecular flexibility index (Phi) is 8.05. The minimum absolute atomic E-state index is 0.224. The van der Waals surface area contributed by atoms with Gasteiger partial charge in [-0.1, -0.05) is 51.8 Å². The summed E-state index contributed by atoms with van der Waals surface area (Å²) >= 11 is 3.42. The number of halogens is 1. The Morgan fingerprint density at radius 2 is 1.64 bits per heavy atom. The summed E-state index contributed by atoms with van der Waals surface area (Å²) in [7, 11) is 0. The Labute approximate surface area is 176 Å². The number of pyridine rings is 1. The maximum atomic E-state index is 13.2. The average Bonchev–Trinajstić information content (AvgIpc) is 2.69. The Bertz CT molecular complexity index is 894. The number of anilines is 1. The summed E-state index contributed by atoms with van der Waals surface area (Å²) in [5, 5.41) is 3.05. The number of rotatable bonds is 8. The fraction of sp³-hybridized carbons (Fsp3) is 0.478. The van der Waals surface area contributed by atoms with E-state index in [1.807, 2.05) is 32.0 Å². The summed E-state index contributed by atoms with van der Waals surface area (Å²) in [6.07, 6.45) is 4.91. The van der Waals surface area contributed by atoms with Gasteiger partial charge in [0.1, 0.15) is 5.56 Å². The normalized spacial score (nSPS) is 10.9. The standard InChI is InChI=1S/C23H31BrN2O2/c1-6-9-10-14-26-15(4)19(22(27)20(24)16(26)5)23(28)25-21-17(7-2)12-11-13-18(21)8-3/h11-13H,6-10,14H2,1-5H3,(H,25,28). The summed E-state index contributed by atoms with van der Waals surface area (Å²) in [5.74, 6) is -0.331. The van der Waals surface area contributed by atoms with Crippen molar-refractivity contribution in [2.24, 2.45) is 0 Å². The van der Waals surface area contributed by atoms with Gasteiger partial charge in [0.05, 0.1) is 4.47 Å². The lowest BCUT2D eigenvalue weighted by Crippen LogP contribution is -2.29. The van der Waals surface area contributed by atoms with Crippen LogP contribution in [0, 0.1) is 13.8 Å². The SMILES string of the molecule is CCCCCn1c(C)c(Br)c(=O)c(C(=O)Nc2c(CC)cccc2CC)c1C. The van der Waals surface area contributed by atoms with Crippen LogP contribution in [0.3, 0.4) is 0 Å². The van der Waals surface area contributed by atoms with Crippen LogP contribution in [0.2, 0.25) is 0 Å². The van der Waals surface area contributed by atoms with Crippen LogP contribution in [0.4, 0.5) is 5.69 Å². The minimum atomic E-state index is -0.331. The molecule has 0 radical (unpaired) electrons. The first-order chi connectivity index (χ1) is 13.4. The number of nitrogens with zero attached hydrogens (tertiary/aromatic N) is 1. The molecule has 1 aromatic carbocycles. The number of hydrogen-bond donors (Lipinski definition) is 1. The predicted molar refractivity (Wildman–Crippen MR) is 121 cm³/mol. The van der Waals surface area contributed by atoms with Crippen molar-refractivity contribution in [3.05, 3.63) is 61.0 Å². The van der Waals surface area contributed by atoms with Gasteiger partial charge in [-0.05, 0) is 60.2 Å². The third kappa shape index (κ3) is 4.57. The second-order valence-corrected chi connectivity index (χ2v) is 7.95. The predicted octanol–water partition coefficient (Wildman–Crippen LogP) is 5.79. The lowest BCUT2D eigenvalue weighted by molar-refractivity contribution is 0.102. The maximum Gasteiger partial charge on any atom is 0.261 e. The Morgan fingerprint density at radius 3 is 2.18 bits per heavy atom. The number of unbranched alkanes of at least 4 members (excludes halogenated alkanes) is 2. The van der Waals surface area contributed by atoms with Gasteiger partial charge in [0, 0.05) is 23.6 Å². The van der Waals surface area contributed by atoms with Crippen molar-refractivity contribution < 1.29 is 4.79 Å². The second-order valence-electron chi connectivity index (χ2n) is 7.16. The molecule has 1 N–H and O–H groups in total. The quantitative estimate of drug-likeness (QED) is 0.521. The van der Waals surface area contributed by atoms with Crippen molar-refractivity contribution in [1.29, 1.82) is 0 Å². The number of aromatic nitrogens is 1. The molecule has 2 aromatic rings. The molecule has 152 valence electrons. The highest BCUT2D eigenvalue weighted by molar-refractivity contribution is 9.10. The Morgan fingerprint density at radius 1 is 1.04 bits per heavy atom. The molecular formula is C23H31BrN2O2. The molecule has 5 heteroatoms. The van der Waals surface area contributed by atoms with Gasteiger partial charge in [0.25, 0.3) is 5.91 Å². The van der Waals surface area contributed by atoms with Gasteiger partial charge >= 0.3 is 0 Å². The smallest absolute Gasteiger partial charge is 0.261 e. The van der Waals surface area contributed by atoms with E-state index in [2.05, 4.69) is 46.6 Å². The molecule has 0 saturated heterocycles. The third-order valence-electron chi connectivity index (χ3n) is 5.37. The molecule has 0 aliphatic carbocycles. The molecular weight excluding hydrogens is 416 g/mol. The fourth-order valence-electron chi connectivity index (χ4n) is 3.65. The summed E-state index contributed by atoms with van der Waals surface area (Å²) in [6.45, 7) is 10.9. The van der Waals surface area contributed by atoms with Gasteiger partial charge in [0.15, 0.2) is 0 Å². The zero-order valence-electron chi connectivity index (χ0n) is 17.6. The molecule has 0 unspecified atom stereocenters. The topological polar surface area (TPSA) is 51.1 Å². The van der Waals surface area contributed by atoms with E-state index in [0.29, 0.717) is 4.47 Å². The van der Waals surface area contributed by atoms with Gasteiger partial charge in [-0.2, -0.15) is 0 Å². The minimum Gasteiger partial charge on any atom is -0.347 e. The van der Waals surface area contributed by atoms with Gasteiger partial charge in [-0.15, -0.1) is 0 Å². The molecule has 1 amide bonds. The van der Waals surface area contributed by atoms with Gasteiger partial charge < -0.3 is 9.88 Å². The van der Waals surface area contributed by atoms with E-state index >= 15 is 0 Å². The number of benzene rings is 1. The zero-order chi connectivity index (χ0) is 20.8. The van der Waals surface area contributed by atoms with Crippen LogP contribution in [0.1, 0.15) is 72.9 Å². The Balaban J connectivity index is 2.51. The lowest BCUT2D eigenvalue weighted by atomic mass is 10.0. The number of para-hydroxylation sites is 1. The molecule has 0 atom stereocenters.